The van der Waals surface area contributed by atoms with Crippen LogP contribution >= 0.6 is 0 Å². The predicted octanol–water partition coefficient (Wildman–Crippen LogP) is 4.38. The molecule has 0 aliphatic carbocycles. The molecule has 0 fully saturated rings. The van der Waals surface area contributed by atoms with Crippen LogP contribution in [0.15, 0.2) is 42.5 Å². The molecule has 2 N–H and O–H groups in total. The van der Waals surface area contributed by atoms with Crippen molar-refractivity contribution in [3.63, 3.8) is 0 Å². The SMILES string of the molecule is CC(C)c1ccc(NC(=O)CN[C@@H](C)c2ccc(F)cc2F)cc1. The molecule has 1 atom stereocenters. The molecular formula is C19H22F2N2O. The van der Waals surface area contributed by atoms with Crippen molar-refractivity contribution < 1.29 is 13.6 Å². The lowest BCUT2D eigenvalue weighted by Gasteiger charge is -2.15. The van der Waals surface area contributed by atoms with Gasteiger partial charge in [0.2, 0.25) is 5.91 Å². The number of rotatable bonds is 6. The van der Waals surface area contributed by atoms with Crippen LogP contribution in [0.2, 0.25) is 0 Å². The molecule has 2 aromatic carbocycles. The lowest BCUT2D eigenvalue weighted by atomic mass is 10.0. The smallest absolute Gasteiger partial charge is 0.238 e. The molecule has 0 heterocycles. The molecule has 0 saturated heterocycles. The zero-order chi connectivity index (χ0) is 17.7. The first-order valence-electron chi connectivity index (χ1n) is 7.95. The number of hydrogen-bond donors (Lipinski definition) is 2. The fraction of sp³-hybridized carbons (Fsp3) is 0.316. The van der Waals surface area contributed by atoms with E-state index in [2.05, 4.69) is 24.5 Å². The molecule has 2 aromatic rings. The van der Waals surface area contributed by atoms with E-state index in [1.807, 2.05) is 24.3 Å². The van der Waals surface area contributed by atoms with E-state index in [9.17, 15) is 13.6 Å². The van der Waals surface area contributed by atoms with Crippen LogP contribution in [0.25, 0.3) is 0 Å². The van der Waals surface area contributed by atoms with Gasteiger partial charge in [-0.15, -0.1) is 0 Å². The van der Waals surface area contributed by atoms with Gasteiger partial charge in [0.25, 0.3) is 0 Å². The third kappa shape index (κ3) is 4.86. The highest BCUT2D eigenvalue weighted by Crippen LogP contribution is 2.18. The second kappa shape index (κ2) is 8.02. The molecule has 0 aliphatic rings. The minimum absolute atomic E-state index is 0.0317. The van der Waals surface area contributed by atoms with Crippen molar-refractivity contribution in [3.05, 3.63) is 65.2 Å². The Morgan fingerprint density at radius 3 is 2.29 bits per heavy atom. The van der Waals surface area contributed by atoms with Gasteiger partial charge in [-0.05, 0) is 36.6 Å². The Balaban J connectivity index is 1.88. The van der Waals surface area contributed by atoms with Crippen molar-refractivity contribution in [2.75, 3.05) is 11.9 Å². The quantitative estimate of drug-likeness (QED) is 0.824. The normalized spacial score (nSPS) is 12.2. The number of nitrogens with one attached hydrogen (secondary N) is 2. The van der Waals surface area contributed by atoms with E-state index in [4.69, 9.17) is 0 Å². The standard InChI is InChI=1S/C19H22F2N2O/c1-12(2)14-4-7-16(8-5-14)23-19(24)11-22-13(3)17-9-6-15(20)10-18(17)21/h4-10,12-13,22H,11H2,1-3H3,(H,23,24)/t13-/m0/s1. The summed E-state index contributed by atoms with van der Waals surface area (Å²) in [6.07, 6.45) is 0. The van der Waals surface area contributed by atoms with Gasteiger partial charge in [0, 0.05) is 23.4 Å². The Bertz CT molecular complexity index is 699. The van der Waals surface area contributed by atoms with Crippen LogP contribution in [0, 0.1) is 11.6 Å². The Hall–Kier alpha value is -2.27. The minimum atomic E-state index is -0.625. The maximum atomic E-state index is 13.7. The number of amides is 1. The molecule has 0 radical (unpaired) electrons. The van der Waals surface area contributed by atoms with E-state index >= 15 is 0 Å². The van der Waals surface area contributed by atoms with E-state index in [1.165, 1.54) is 17.7 Å². The molecule has 0 bridgehead atoms. The van der Waals surface area contributed by atoms with Crippen LogP contribution in [-0.2, 0) is 4.79 Å². The first-order chi connectivity index (χ1) is 11.4. The molecule has 5 heteroatoms. The van der Waals surface area contributed by atoms with Crippen molar-refractivity contribution in [2.24, 2.45) is 0 Å². The number of hydrogen-bond acceptors (Lipinski definition) is 2. The first-order valence-corrected chi connectivity index (χ1v) is 7.95. The van der Waals surface area contributed by atoms with Crippen molar-refractivity contribution in [1.82, 2.24) is 5.32 Å². The maximum absolute atomic E-state index is 13.7. The van der Waals surface area contributed by atoms with Gasteiger partial charge in [0.05, 0.1) is 6.54 Å². The average molecular weight is 332 g/mol. The molecule has 3 nitrogen and oxygen atoms in total. The van der Waals surface area contributed by atoms with E-state index in [0.29, 0.717) is 17.2 Å². The molecule has 0 saturated carbocycles. The van der Waals surface area contributed by atoms with Crippen LogP contribution < -0.4 is 10.6 Å². The van der Waals surface area contributed by atoms with Crippen LogP contribution in [0.5, 0.6) is 0 Å². The lowest BCUT2D eigenvalue weighted by molar-refractivity contribution is -0.115. The van der Waals surface area contributed by atoms with Crippen molar-refractivity contribution in [1.29, 1.82) is 0 Å². The summed E-state index contributed by atoms with van der Waals surface area (Å²) < 4.78 is 26.6. The van der Waals surface area contributed by atoms with Gasteiger partial charge in [-0.25, -0.2) is 8.78 Å². The minimum Gasteiger partial charge on any atom is -0.325 e. The summed E-state index contributed by atoms with van der Waals surface area (Å²) in [5.74, 6) is -1.03. The summed E-state index contributed by atoms with van der Waals surface area (Å²) in [5.41, 5.74) is 2.24. The fourth-order valence-corrected chi connectivity index (χ4v) is 2.36. The molecule has 0 spiro atoms. The molecule has 0 aromatic heterocycles. The third-order valence-electron chi connectivity index (χ3n) is 3.86. The molecule has 2 rings (SSSR count). The molecule has 128 valence electrons. The topological polar surface area (TPSA) is 41.1 Å². The largest absolute Gasteiger partial charge is 0.325 e. The highest BCUT2D eigenvalue weighted by atomic mass is 19.1. The molecule has 0 aliphatic heterocycles. The van der Waals surface area contributed by atoms with Crippen LogP contribution in [0.1, 0.15) is 43.9 Å². The second-order valence-electron chi connectivity index (χ2n) is 6.09. The van der Waals surface area contributed by atoms with Gasteiger partial charge in [0.15, 0.2) is 0 Å². The zero-order valence-electron chi connectivity index (χ0n) is 14.1. The molecule has 24 heavy (non-hydrogen) atoms. The van der Waals surface area contributed by atoms with Crippen LogP contribution in [0.4, 0.5) is 14.5 Å². The number of benzene rings is 2. The number of carbonyl (C=O) groups excluding carboxylic acids is 1. The Morgan fingerprint density at radius 2 is 1.71 bits per heavy atom. The van der Waals surface area contributed by atoms with Gasteiger partial charge >= 0.3 is 0 Å². The summed E-state index contributed by atoms with van der Waals surface area (Å²) in [7, 11) is 0. The number of carbonyl (C=O) groups is 1. The average Bonchev–Trinajstić information content (AvgIpc) is 2.53. The van der Waals surface area contributed by atoms with Crippen LogP contribution in [-0.4, -0.2) is 12.5 Å². The summed E-state index contributed by atoms with van der Waals surface area (Å²) in [4.78, 5) is 12.0. The number of anilines is 1. The Kier molecular flexibility index (Phi) is 6.04. The van der Waals surface area contributed by atoms with E-state index in [0.717, 1.165) is 6.07 Å². The second-order valence-corrected chi connectivity index (χ2v) is 6.09. The van der Waals surface area contributed by atoms with Gasteiger partial charge in [0.1, 0.15) is 11.6 Å². The Morgan fingerprint density at radius 1 is 1.04 bits per heavy atom. The van der Waals surface area contributed by atoms with Gasteiger partial charge in [-0.3, -0.25) is 4.79 Å². The summed E-state index contributed by atoms with van der Waals surface area (Å²) in [6.45, 7) is 5.96. The van der Waals surface area contributed by atoms with Gasteiger partial charge in [-0.1, -0.05) is 32.0 Å². The number of halogens is 2. The fourth-order valence-electron chi connectivity index (χ4n) is 2.36. The van der Waals surface area contributed by atoms with E-state index in [1.54, 1.807) is 6.92 Å². The highest BCUT2D eigenvalue weighted by molar-refractivity contribution is 5.92. The van der Waals surface area contributed by atoms with Crippen LogP contribution in [0.3, 0.4) is 0 Å². The van der Waals surface area contributed by atoms with Gasteiger partial charge < -0.3 is 10.6 Å². The highest BCUT2D eigenvalue weighted by Gasteiger charge is 2.13. The van der Waals surface area contributed by atoms with Crippen molar-refractivity contribution in [2.45, 2.75) is 32.7 Å². The van der Waals surface area contributed by atoms with E-state index in [-0.39, 0.29) is 12.5 Å². The maximum Gasteiger partial charge on any atom is 0.238 e. The zero-order valence-corrected chi connectivity index (χ0v) is 14.1. The summed E-state index contributed by atoms with van der Waals surface area (Å²) >= 11 is 0. The molecular weight excluding hydrogens is 310 g/mol. The lowest BCUT2D eigenvalue weighted by Crippen LogP contribution is -2.30. The van der Waals surface area contributed by atoms with E-state index < -0.39 is 17.7 Å². The van der Waals surface area contributed by atoms with Crippen molar-refractivity contribution >= 4 is 11.6 Å². The first kappa shape index (κ1) is 18.1. The summed E-state index contributed by atoms with van der Waals surface area (Å²) in [5, 5.41) is 5.72. The third-order valence-corrected chi connectivity index (χ3v) is 3.86. The molecule has 0 unspecified atom stereocenters. The predicted molar refractivity (Wildman–Crippen MR) is 91.9 cm³/mol. The van der Waals surface area contributed by atoms with Gasteiger partial charge in [-0.2, -0.15) is 0 Å². The monoisotopic (exact) mass is 332 g/mol. The summed E-state index contributed by atoms with van der Waals surface area (Å²) in [6, 6.07) is 10.7. The Labute approximate surface area is 141 Å². The molecule has 1 amide bonds. The van der Waals surface area contributed by atoms with Crippen molar-refractivity contribution in [3.8, 4) is 0 Å².